The zero-order valence-corrected chi connectivity index (χ0v) is 17.2. The second-order valence-electron chi connectivity index (χ2n) is 6.73. The maximum absolute atomic E-state index is 12.7. The number of benzene rings is 2. The summed E-state index contributed by atoms with van der Waals surface area (Å²) in [5, 5.41) is 20.1. The van der Waals surface area contributed by atoms with Crippen molar-refractivity contribution < 1.29 is 19.4 Å². The molecule has 0 saturated heterocycles. The van der Waals surface area contributed by atoms with E-state index in [1.165, 1.54) is 55.5 Å². The zero-order chi connectivity index (χ0) is 22.7. The molecule has 0 radical (unpaired) electrons. The van der Waals surface area contributed by atoms with Crippen LogP contribution in [0.4, 0.5) is 5.95 Å². The SMILES string of the molecule is CNC(=O)c1cc(Oc2ccc3nnc(N(C)C(=O)c4ccc(O)cc4)nc3c2)ccn1. The first-order valence-corrected chi connectivity index (χ1v) is 9.52. The number of anilines is 1. The standard InChI is InChI=1S/C22H18N6O4/c1-23-20(30)19-12-16(9-10-24-19)32-15-7-8-17-18(11-15)25-22(27-26-17)28(2)21(31)13-3-5-14(29)6-4-13/h3-12,29H,1-2H3,(H,23,30). The van der Waals surface area contributed by atoms with Crippen LogP contribution in [0.25, 0.3) is 11.0 Å². The minimum Gasteiger partial charge on any atom is -0.508 e. The lowest BCUT2D eigenvalue weighted by Gasteiger charge is -2.15. The van der Waals surface area contributed by atoms with E-state index >= 15 is 0 Å². The molecule has 0 aliphatic carbocycles. The van der Waals surface area contributed by atoms with Crippen molar-refractivity contribution >= 4 is 28.8 Å². The van der Waals surface area contributed by atoms with Crippen LogP contribution in [0.5, 0.6) is 17.2 Å². The van der Waals surface area contributed by atoms with Gasteiger partial charge in [0.2, 0.25) is 0 Å². The van der Waals surface area contributed by atoms with Crippen molar-refractivity contribution in [1.29, 1.82) is 0 Å². The van der Waals surface area contributed by atoms with Crippen LogP contribution in [0.2, 0.25) is 0 Å². The van der Waals surface area contributed by atoms with Crippen LogP contribution in [0.15, 0.2) is 60.8 Å². The largest absolute Gasteiger partial charge is 0.508 e. The smallest absolute Gasteiger partial charge is 0.269 e. The lowest BCUT2D eigenvalue weighted by Crippen LogP contribution is -2.28. The van der Waals surface area contributed by atoms with Gasteiger partial charge in [-0.1, -0.05) is 0 Å². The normalized spacial score (nSPS) is 10.6. The number of aromatic nitrogens is 4. The molecule has 0 aliphatic rings. The quantitative estimate of drug-likeness (QED) is 0.494. The summed E-state index contributed by atoms with van der Waals surface area (Å²) in [5.41, 5.74) is 1.59. The fourth-order valence-corrected chi connectivity index (χ4v) is 2.86. The van der Waals surface area contributed by atoms with Gasteiger partial charge in [0, 0.05) is 38.0 Å². The molecule has 2 aromatic heterocycles. The Bertz CT molecular complexity index is 1310. The topological polar surface area (TPSA) is 130 Å². The summed E-state index contributed by atoms with van der Waals surface area (Å²) in [5.74, 6) is 0.398. The molecule has 0 saturated carbocycles. The number of nitrogens with zero attached hydrogens (tertiary/aromatic N) is 5. The Hall–Kier alpha value is -4.60. The number of hydrogen-bond acceptors (Lipinski definition) is 8. The first kappa shape index (κ1) is 20.7. The Balaban J connectivity index is 1.59. The van der Waals surface area contributed by atoms with E-state index in [-0.39, 0.29) is 29.2 Å². The van der Waals surface area contributed by atoms with Gasteiger partial charge in [-0.3, -0.25) is 19.5 Å². The molecule has 32 heavy (non-hydrogen) atoms. The number of nitrogens with one attached hydrogen (secondary N) is 1. The van der Waals surface area contributed by atoms with Gasteiger partial charge in [-0.2, -0.15) is 0 Å². The number of phenols is 1. The van der Waals surface area contributed by atoms with E-state index in [0.29, 0.717) is 28.1 Å². The number of pyridine rings is 1. The van der Waals surface area contributed by atoms with E-state index in [0.717, 1.165) is 0 Å². The Kier molecular flexibility index (Phi) is 5.58. The molecule has 160 valence electrons. The number of aromatic hydroxyl groups is 1. The van der Waals surface area contributed by atoms with Crippen LogP contribution in [0, 0.1) is 0 Å². The summed E-state index contributed by atoms with van der Waals surface area (Å²) in [4.78, 5) is 34.2. The van der Waals surface area contributed by atoms with Crippen LogP contribution in [0.3, 0.4) is 0 Å². The number of carbonyl (C=O) groups is 2. The van der Waals surface area contributed by atoms with E-state index in [1.54, 1.807) is 24.3 Å². The molecule has 2 N–H and O–H groups in total. The van der Waals surface area contributed by atoms with Crippen LogP contribution in [0.1, 0.15) is 20.8 Å². The average Bonchev–Trinajstić information content (AvgIpc) is 2.82. The highest BCUT2D eigenvalue weighted by molar-refractivity contribution is 6.05. The van der Waals surface area contributed by atoms with Crippen molar-refractivity contribution in [1.82, 2.24) is 25.5 Å². The fourth-order valence-electron chi connectivity index (χ4n) is 2.86. The molecule has 2 aromatic carbocycles. The molecule has 0 spiro atoms. The number of carbonyl (C=O) groups excluding carboxylic acids is 2. The molecule has 4 rings (SSSR count). The van der Waals surface area contributed by atoms with E-state index < -0.39 is 0 Å². The summed E-state index contributed by atoms with van der Waals surface area (Å²) < 4.78 is 5.84. The van der Waals surface area contributed by atoms with Crippen molar-refractivity contribution in [2.75, 3.05) is 19.0 Å². The Morgan fingerprint density at radius 1 is 0.969 bits per heavy atom. The van der Waals surface area contributed by atoms with Gasteiger partial charge in [-0.05, 0) is 42.5 Å². The third-order valence-corrected chi connectivity index (χ3v) is 4.56. The first-order chi connectivity index (χ1) is 15.4. The molecular weight excluding hydrogens is 412 g/mol. The number of amides is 2. The van der Waals surface area contributed by atoms with Gasteiger partial charge in [0.15, 0.2) is 0 Å². The van der Waals surface area contributed by atoms with Crippen molar-refractivity contribution in [2.45, 2.75) is 0 Å². The summed E-state index contributed by atoms with van der Waals surface area (Å²) >= 11 is 0. The first-order valence-electron chi connectivity index (χ1n) is 9.52. The third kappa shape index (κ3) is 4.29. The van der Waals surface area contributed by atoms with Crippen molar-refractivity contribution in [2.24, 2.45) is 0 Å². The molecule has 0 aliphatic heterocycles. The minimum absolute atomic E-state index is 0.0667. The Morgan fingerprint density at radius 3 is 2.47 bits per heavy atom. The van der Waals surface area contributed by atoms with Crippen LogP contribution < -0.4 is 15.0 Å². The number of fused-ring (bicyclic) bond motifs is 1. The highest BCUT2D eigenvalue weighted by atomic mass is 16.5. The minimum atomic E-state index is -0.350. The number of hydrogen-bond donors (Lipinski definition) is 2. The van der Waals surface area contributed by atoms with Crippen LogP contribution in [-0.4, -0.2) is 51.2 Å². The van der Waals surface area contributed by atoms with E-state index in [9.17, 15) is 14.7 Å². The molecule has 2 heterocycles. The number of phenolic OH excluding ortho intramolecular Hbond substituents is 1. The molecule has 0 bridgehead atoms. The number of rotatable bonds is 5. The maximum Gasteiger partial charge on any atom is 0.269 e. The molecular formula is C22H18N6O4. The molecule has 4 aromatic rings. The lowest BCUT2D eigenvalue weighted by molar-refractivity contribution is 0.0956. The summed E-state index contributed by atoms with van der Waals surface area (Å²) in [6.45, 7) is 0. The zero-order valence-electron chi connectivity index (χ0n) is 17.2. The van der Waals surface area contributed by atoms with Gasteiger partial charge in [-0.15, -0.1) is 10.2 Å². The van der Waals surface area contributed by atoms with Gasteiger partial charge in [0.1, 0.15) is 28.5 Å². The molecule has 0 unspecified atom stereocenters. The summed E-state index contributed by atoms with van der Waals surface area (Å²) in [7, 11) is 3.06. The van der Waals surface area contributed by atoms with E-state index in [1.807, 2.05) is 0 Å². The number of ether oxygens (including phenoxy) is 1. The van der Waals surface area contributed by atoms with Gasteiger partial charge in [0.25, 0.3) is 17.8 Å². The second-order valence-corrected chi connectivity index (χ2v) is 6.73. The van der Waals surface area contributed by atoms with Crippen LogP contribution in [-0.2, 0) is 0 Å². The maximum atomic E-state index is 12.7. The van der Waals surface area contributed by atoms with E-state index in [2.05, 4.69) is 25.5 Å². The van der Waals surface area contributed by atoms with Gasteiger partial charge >= 0.3 is 0 Å². The Labute approximate surface area is 182 Å². The molecule has 0 fully saturated rings. The highest BCUT2D eigenvalue weighted by Gasteiger charge is 2.17. The fraction of sp³-hybridized carbons (Fsp3) is 0.0909. The Morgan fingerprint density at radius 2 is 1.72 bits per heavy atom. The van der Waals surface area contributed by atoms with Gasteiger partial charge < -0.3 is 15.2 Å². The summed E-state index contributed by atoms with van der Waals surface area (Å²) in [6, 6.07) is 14.1. The third-order valence-electron chi connectivity index (χ3n) is 4.56. The molecule has 10 nitrogen and oxygen atoms in total. The molecule has 0 atom stereocenters. The predicted octanol–water partition coefficient (Wildman–Crippen LogP) is 2.55. The second kappa shape index (κ2) is 8.64. The highest BCUT2D eigenvalue weighted by Crippen LogP contribution is 2.25. The van der Waals surface area contributed by atoms with E-state index in [4.69, 9.17) is 4.74 Å². The monoisotopic (exact) mass is 430 g/mol. The van der Waals surface area contributed by atoms with Crippen LogP contribution >= 0.6 is 0 Å². The van der Waals surface area contributed by atoms with Crippen molar-refractivity contribution in [3.05, 3.63) is 72.1 Å². The molecule has 2 amide bonds. The lowest BCUT2D eigenvalue weighted by atomic mass is 10.2. The molecule has 10 heteroatoms. The van der Waals surface area contributed by atoms with Gasteiger partial charge in [-0.25, -0.2) is 4.98 Å². The van der Waals surface area contributed by atoms with Crippen molar-refractivity contribution in [3.8, 4) is 17.2 Å². The van der Waals surface area contributed by atoms with Gasteiger partial charge in [0.05, 0.1) is 5.52 Å². The average molecular weight is 430 g/mol. The summed E-state index contributed by atoms with van der Waals surface area (Å²) in [6.07, 6.45) is 1.48. The predicted molar refractivity (Wildman–Crippen MR) is 116 cm³/mol. The van der Waals surface area contributed by atoms with Crippen molar-refractivity contribution in [3.63, 3.8) is 0 Å².